The van der Waals surface area contributed by atoms with E-state index in [9.17, 15) is 0 Å². The number of aryl methyl sites for hydroxylation is 1. The Bertz CT molecular complexity index is 400. The van der Waals surface area contributed by atoms with Gasteiger partial charge in [0.1, 0.15) is 11.9 Å². The fourth-order valence-electron chi connectivity index (χ4n) is 2.48. The summed E-state index contributed by atoms with van der Waals surface area (Å²) in [5, 5.41) is 0.302. The van der Waals surface area contributed by atoms with Gasteiger partial charge in [0.25, 0.3) is 0 Å². The highest BCUT2D eigenvalue weighted by Crippen LogP contribution is 2.31. The van der Waals surface area contributed by atoms with Gasteiger partial charge in [0.2, 0.25) is 0 Å². The molecule has 0 spiro atoms. The summed E-state index contributed by atoms with van der Waals surface area (Å²) < 4.78 is 5.96. The van der Waals surface area contributed by atoms with E-state index in [2.05, 4.69) is 39.0 Å². The molecule has 0 aliphatic carbocycles. The summed E-state index contributed by atoms with van der Waals surface area (Å²) in [6.45, 7) is 6.50. The lowest BCUT2D eigenvalue weighted by atomic mass is 10.0. The summed E-state index contributed by atoms with van der Waals surface area (Å²) in [7, 11) is 0. The van der Waals surface area contributed by atoms with Gasteiger partial charge in [-0.3, -0.25) is 0 Å². The Kier molecular flexibility index (Phi) is 4.55. The molecule has 0 radical (unpaired) electrons. The highest BCUT2D eigenvalue weighted by Gasteiger charge is 2.22. The smallest absolute Gasteiger partial charge is 0.123 e. The molecule has 2 heteroatoms. The highest BCUT2D eigenvalue weighted by atomic mass is 35.5. The maximum Gasteiger partial charge on any atom is 0.123 e. The van der Waals surface area contributed by atoms with Crippen molar-refractivity contribution in [2.75, 3.05) is 0 Å². The molecular formula is C16H23ClO. The third kappa shape index (κ3) is 3.41. The number of halogens is 1. The lowest BCUT2D eigenvalue weighted by Gasteiger charge is -2.15. The Morgan fingerprint density at radius 3 is 2.89 bits per heavy atom. The van der Waals surface area contributed by atoms with Crippen LogP contribution in [-0.4, -0.2) is 11.5 Å². The van der Waals surface area contributed by atoms with Gasteiger partial charge in [-0.15, -0.1) is 11.6 Å². The predicted octanol–water partition coefficient (Wildman–Crippen LogP) is 4.73. The van der Waals surface area contributed by atoms with E-state index in [0.717, 1.165) is 31.4 Å². The number of benzene rings is 1. The minimum absolute atomic E-state index is 0.302. The largest absolute Gasteiger partial charge is 0.490 e. The van der Waals surface area contributed by atoms with Crippen LogP contribution in [0, 0.1) is 12.8 Å². The Hall–Kier alpha value is -0.690. The maximum absolute atomic E-state index is 6.27. The van der Waals surface area contributed by atoms with Crippen molar-refractivity contribution in [1.29, 1.82) is 0 Å². The number of alkyl halides is 1. The molecule has 1 nitrogen and oxygen atoms in total. The molecule has 0 fully saturated rings. The molecule has 2 unspecified atom stereocenters. The minimum atomic E-state index is 0.302. The van der Waals surface area contributed by atoms with Crippen LogP contribution in [0.25, 0.3) is 0 Å². The number of rotatable bonds is 5. The van der Waals surface area contributed by atoms with Gasteiger partial charge in [-0.1, -0.05) is 31.5 Å². The van der Waals surface area contributed by atoms with E-state index in [1.54, 1.807) is 0 Å². The molecule has 0 saturated carbocycles. The summed E-state index contributed by atoms with van der Waals surface area (Å²) in [5.41, 5.74) is 2.69. The average Bonchev–Trinajstić information content (AvgIpc) is 2.70. The van der Waals surface area contributed by atoms with Gasteiger partial charge in [0.15, 0.2) is 0 Å². The Balaban J connectivity index is 1.78. The molecule has 1 aromatic rings. The lowest BCUT2D eigenvalue weighted by molar-refractivity contribution is 0.216. The van der Waals surface area contributed by atoms with Gasteiger partial charge < -0.3 is 4.74 Å². The summed E-state index contributed by atoms with van der Waals surface area (Å²) in [5.74, 6) is 1.65. The first-order valence-electron chi connectivity index (χ1n) is 6.96. The van der Waals surface area contributed by atoms with Crippen molar-refractivity contribution in [1.82, 2.24) is 0 Å². The predicted molar refractivity (Wildman–Crippen MR) is 77.6 cm³/mol. The molecule has 0 amide bonds. The molecule has 0 saturated heterocycles. The van der Waals surface area contributed by atoms with Crippen molar-refractivity contribution in [3.8, 4) is 5.75 Å². The molecule has 0 bridgehead atoms. The van der Waals surface area contributed by atoms with Crippen LogP contribution in [0.3, 0.4) is 0 Å². The van der Waals surface area contributed by atoms with Crippen LogP contribution in [-0.2, 0) is 6.42 Å². The molecule has 100 valence electrons. The minimum Gasteiger partial charge on any atom is -0.490 e. The molecule has 0 aromatic heterocycles. The van der Waals surface area contributed by atoms with E-state index < -0.39 is 0 Å². The van der Waals surface area contributed by atoms with Crippen molar-refractivity contribution < 1.29 is 4.74 Å². The second-order valence-electron chi connectivity index (χ2n) is 5.75. The topological polar surface area (TPSA) is 9.23 Å². The van der Waals surface area contributed by atoms with Gasteiger partial charge in [0, 0.05) is 11.8 Å². The van der Waals surface area contributed by atoms with Crippen molar-refractivity contribution in [2.24, 2.45) is 5.92 Å². The van der Waals surface area contributed by atoms with Crippen LogP contribution in [0.4, 0.5) is 0 Å². The van der Waals surface area contributed by atoms with Crippen LogP contribution < -0.4 is 4.74 Å². The fraction of sp³-hybridized carbons (Fsp3) is 0.625. The highest BCUT2D eigenvalue weighted by molar-refractivity contribution is 6.20. The van der Waals surface area contributed by atoms with E-state index in [4.69, 9.17) is 16.3 Å². The summed E-state index contributed by atoms with van der Waals surface area (Å²) in [6.07, 6.45) is 4.78. The molecule has 2 rings (SSSR count). The number of hydrogen-bond acceptors (Lipinski definition) is 1. The zero-order chi connectivity index (χ0) is 13.1. The maximum atomic E-state index is 6.27. The summed E-state index contributed by atoms with van der Waals surface area (Å²) in [4.78, 5) is 0. The zero-order valence-corrected chi connectivity index (χ0v) is 12.3. The fourth-order valence-corrected chi connectivity index (χ4v) is 2.64. The van der Waals surface area contributed by atoms with Crippen LogP contribution in [0.15, 0.2) is 18.2 Å². The normalized spacial score (nSPS) is 19.7. The molecule has 18 heavy (non-hydrogen) atoms. The third-order valence-electron chi connectivity index (χ3n) is 3.69. The van der Waals surface area contributed by atoms with Gasteiger partial charge in [-0.25, -0.2) is 0 Å². The van der Waals surface area contributed by atoms with Gasteiger partial charge in [0.05, 0.1) is 0 Å². The van der Waals surface area contributed by atoms with Crippen molar-refractivity contribution in [3.63, 3.8) is 0 Å². The second-order valence-corrected chi connectivity index (χ2v) is 6.31. The molecule has 1 aromatic carbocycles. The van der Waals surface area contributed by atoms with Crippen molar-refractivity contribution >= 4 is 11.6 Å². The zero-order valence-electron chi connectivity index (χ0n) is 11.6. The SMILES string of the molecule is Cc1ccc2c(c1)CC(CCCC(Cl)C(C)C)O2. The quantitative estimate of drug-likeness (QED) is 0.700. The second kappa shape index (κ2) is 5.97. The molecule has 1 aliphatic heterocycles. The van der Waals surface area contributed by atoms with E-state index in [-0.39, 0.29) is 0 Å². The number of fused-ring (bicyclic) bond motifs is 1. The van der Waals surface area contributed by atoms with E-state index in [0.29, 0.717) is 17.4 Å². The molecule has 0 N–H and O–H groups in total. The molecule has 1 aliphatic rings. The lowest BCUT2D eigenvalue weighted by Crippen LogP contribution is -2.14. The van der Waals surface area contributed by atoms with Gasteiger partial charge >= 0.3 is 0 Å². The first-order valence-corrected chi connectivity index (χ1v) is 7.40. The van der Waals surface area contributed by atoms with Gasteiger partial charge in [-0.05, 0) is 43.7 Å². The van der Waals surface area contributed by atoms with Crippen LogP contribution in [0.1, 0.15) is 44.2 Å². The molecule has 1 heterocycles. The first kappa shape index (κ1) is 13.7. The molecular weight excluding hydrogens is 244 g/mol. The van der Waals surface area contributed by atoms with E-state index in [1.807, 2.05) is 0 Å². The average molecular weight is 267 g/mol. The first-order chi connectivity index (χ1) is 8.56. The number of hydrogen-bond donors (Lipinski definition) is 0. The summed E-state index contributed by atoms with van der Waals surface area (Å²) >= 11 is 6.27. The monoisotopic (exact) mass is 266 g/mol. The van der Waals surface area contributed by atoms with Crippen LogP contribution >= 0.6 is 11.6 Å². The van der Waals surface area contributed by atoms with Crippen molar-refractivity contribution in [3.05, 3.63) is 29.3 Å². The Morgan fingerprint density at radius 1 is 1.39 bits per heavy atom. The van der Waals surface area contributed by atoms with Crippen molar-refractivity contribution in [2.45, 2.75) is 57.9 Å². The van der Waals surface area contributed by atoms with Gasteiger partial charge in [-0.2, -0.15) is 0 Å². The van der Waals surface area contributed by atoms with Crippen LogP contribution in [0.2, 0.25) is 0 Å². The standard InChI is InChI=1S/C16H23ClO/c1-11(2)15(17)6-4-5-14-10-13-9-12(3)7-8-16(13)18-14/h7-9,11,14-15H,4-6,10H2,1-3H3. The van der Waals surface area contributed by atoms with E-state index in [1.165, 1.54) is 11.1 Å². The molecule has 2 atom stereocenters. The Morgan fingerprint density at radius 2 is 2.17 bits per heavy atom. The van der Waals surface area contributed by atoms with Crippen LogP contribution in [0.5, 0.6) is 5.75 Å². The number of ether oxygens (including phenoxy) is 1. The third-order valence-corrected chi connectivity index (χ3v) is 4.41. The summed E-state index contributed by atoms with van der Waals surface area (Å²) in [6, 6.07) is 6.46. The Labute approximate surface area is 115 Å². The van der Waals surface area contributed by atoms with E-state index >= 15 is 0 Å².